The molecule has 0 atom stereocenters. The van der Waals surface area contributed by atoms with Gasteiger partial charge in [-0.1, -0.05) is 0 Å². The summed E-state index contributed by atoms with van der Waals surface area (Å²) in [5.41, 5.74) is 0.0526. The first-order valence-corrected chi connectivity index (χ1v) is 7.33. The first-order chi connectivity index (χ1) is 9.41. The Labute approximate surface area is 126 Å². The molecule has 0 saturated carbocycles. The summed E-state index contributed by atoms with van der Waals surface area (Å²) in [4.78, 5) is 14.7. The minimum atomic E-state index is -0.514. The molecule has 3 nitrogen and oxygen atoms in total. The van der Waals surface area contributed by atoms with Crippen LogP contribution < -0.4 is 5.32 Å². The summed E-state index contributed by atoms with van der Waals surface area (Å²) in [6, 6.07) is 4.75. The molecule has 0 aliphatic heterocycles. The number of rotatable bonds is 7. The van der Waals surface area contributed by atoms with Gasteiger partial charge in [-0.3, -0.25) is 4.79 Å². The first-order valence-electron chi connectivity index (χ1n) is 6.88. The second kappa shape index (κ2) is 8.27. The number of thiol groups is 1. The summed E-state index contributed by atoms with van der Waals surface area (Å²) in [5.74, 6) is -0.893. The fourth-order valence-electron chi connectivity index (χ4n) is 1.73. The molecule has 0 unspecified atom stereocenters. The van der Waals surface area contributed by atoms with E-state index in [4.69, 9.17) is 0 Å². The molecule has 0 spiro atoms. The van der Waals surface area contributed by atoms with Crippen molar-refractivity contribution in [3.05, 3.63) is 29.6 Å². The largest absolute Gasteiger partial charge is 0.352 e. The minimum Gasteiger partial charge on any atom is -0.352 e. The van der Waals surface area contributed by atoms with Crippen LogP contribution in [0.25, 0.3) is 0 Å². The molecule has 1 rings (SSSR count). The molecule has 0 aliphatic carbocycles. The van der Waals surface area contributed by atoms with Gasteiger partial charge in [-0.25, -0.2) is 4.39 Å². The number of unbranched alkanes of at least 4 members (excludes halogenated alkanes) is 1. The fraction of sp³-hybridized carbons (Fsp3) is 0.533. The Morgan fingerprint density at radius 1 is 1.40 bits per heavy atom. The summed E-state index contributed by atoms with van der Waals surface area (Å²) in [5, 5.41) is 2.74. The normalized spacial score (nSPS) is 11.2. The van der Waals surface area contributed by atoms with Crippen molar-refractivity contribution < 1.29 is 9.18 Å². The second-order valence-electron chi connectivity index (χ2n) is 5.20. The van der Waals surface area contributed by atoms with E-state index in [1.54, 1.807) is 0 Å². The van der Waals surface area contributed by atoms with Crippen LogP contribution in [-0.2, 0) is 0 Å². The van der Waals surface area contributed by atoms with Crippen LogP contribution in [0.5, 0.6) is 0 Å². The average Bonchev–Trinajstić information content (AvgIpc) is 2.40. The minimum absolute atomic E-state index is 0.0526. The maximum absolute atomic E-state index is 13.5. The number of amides is 1. The Hall–Kier alpha value is -1.07. The van der Waals surface area contributed by atoms with Crippen molar-refractivity contribution in [2.24, 2.45) is 0 Å². The predicted molar refractivity (Wildman–Crippen MR) is 83.0 cm³/mol. The second-order valence-corrected chi connectivity index (χ2v) is 5.72. The summed E-state index contributed by atoms with van der Waals surface area (Å²) in [6.07, 6.45) is 1.88. The standard InChI is InChI=1S/C15H23FN2OS/c1-11(2)18(3)9-5-4-8-17-15(19)13-10-12(20)6-7-14(13)16/h6-7,10-11,20H,4-5,8-9H2,1-3H3,(H,17,19). The van der Waals surface area contributed by atoms with Crippen LogP contribution in [-0.4, -0.2) is 37.0 Å². The molecule has 1 amide bonds. The molecular weight excluding hydrogens is 275 g/mol. The molecule has 5 heteroatoms. The van der Waals surface area contributed by atoms with Gasteiger partial charge in [0.1, 0.15) is 5.82 Å². The molecule has 0 aromatic heterocycles. The molecular formula is C15H23FN2OS. The fourth-order valence-corrected chi connectivity index (χ4v) is 1.93. The van der Waals surface area contributed by atoms with E-state index in [0.29, 0.717) is 17.5 Å². The van der Waals surface area contributed by atoms with E-state index in [0.717, 1.165) is 19.4 Å². The highest BCUT2D eigenvalue weighted by atomic mass is 32.1. The Bertz CT molecular complexity index is 451. The third-order valence-corrected chi connectivity index (χ3v) is 3.58. The van der Waals surface area contributed by atoms with Gasteiger partial charge in [0, 0.05) is 17.5 Å². The molecule has 0 bridgehead atoms. The van der Waals surface area contributed by atoms with Gasteiger partial charge >= 0.3 is 0 Å². The number of nitrogens with one attached hydrogen (secondary N) is 1. The van der Waals surface area contributed by atoms with Gasteiger partial charge in [0.25, 0.3) is 5.91 Å². The van der Waals surface area contributed by atoms with E-state index in [9.17, 15) is 9.18 Å². The Balaban J connectivity index is 2.32. The zero-order valence-electron chi connectivity index (χ0n) is 12.3. The highest BCUT2D eigenvalue weighted by Crippen LogP contribution is 2.13. The molecule has 1 aromatic rings. The number of carbonyl (C=O) groups is 1. The monoisotopic (exact) mass is 298 g/mol. The lowest BCUT2D eigenvalue weighted by Gasteiger charge is -2.20. The van der Waals surface area contributed by atoms with E-state index in [1.807, 2.05) is 0 Å². The van der Waals surface area contributed by atoms with Gasteiger partial charge in [-0.05, 0) is 58.5 Å². The van der Waals surface area contributed by atoms with Crippen LogP contribution in [0.2, 0.25) is 0 Å². The van der Waals surface area contributed by atoms with Crippen molar-refractivity contribution in [1.82, 2.24) is 10.2 Å². The van der Waals surface area contributed by atoms with Gasteiger partial charge in [0.15, 0.2) is 0 Å². The molecule has 0 aliphatic rings. The lowest BCUT2D eigenvalue weighted by molar-refractivity contribution is 0.0948. The van der Waals surface area contributed by atoms with Crippen molar-refractivity contribution >= 4 is 18.5 Å². The Kier molecular flexibility index (Phi) is 7.02. The number of carbonyl (C=O) groups excluding carboxylic acids is 1. The van der Waals surface area contributed by atoms with Crippen molar-refractivity contribution in [3.63, 3.8) is 0 Å². The van der Waals surface area contributed by atoms with E-state index in [-0.39, 0.29) is 11.5 Å². The third-order valence-electron chi connectivity index (χ3n) is 3.30. The predicted octanol–water partition coefficient (Wildman–Crippen LogP) is 2.96. The summed E-state index contributed by atoms with van der Waals surface area (Å²) in [6.45, 7) is 5.85. The zero-order valence-corrected chi connectivity index (χ0v) is 13.2. The summed E-state index contributed by atoms with van der Waals surface area (Å²) in [7, 11) is 2.08. The van der Waals surface area contributed by atoms with Crippen LogP contribution in [0.15, 0.2) is 23.1 Å². The van der Waals surface area contributed by atoms with E-state index >= 15 is 0 Å². The van der Waals surface area contributed by atoms with Crippen molar-refractivity contribution in [2.75, 3.05) is 20.1 Å². The first kappa shape index (κ1) is 17.0. The molecule has 0 heterocycles. The Morgan fingerprint density at radius 2 is 2.10 bits per heavy atom. The SMILES string of the molecule is CC(C)N(C)CCCCNC(=O)c1cc(S)ccc1F. The van der Waals surface area contributed by atoms with Gasteiger partial charge in [-0.2, -0.15) is 0 Å². The highest BCUT2D eigenvalue weighted by Gasteiger charge is 2.11. The van der Waals surface area contributed by atoms with Crippen molar-refractivity contribution in [1.29, 1.82) is 0 Å². The highest BCUT2D eigenvalue weighted by molar-refractivity contribution is 7.80. The van der Waals surface area contributed by atoms with Gasteiger partial charge in [-0.15, -0.1) is 12.6 Å². The Morgan fingerprint density at radius 3 is 2.75 bits per heavy atom. The molecule has 1 aromatic carbocycles. The van der Waals surface area contributed by atoms with E-state index < -0.39 is 5.82 Å². The van der Waals surface area contributed by atoms with Crippen LogP contribution in [0.4, 0.5) is 4.39 Å². The zero-order chi connectivity index (χ0) is 15.1. The van der Waals surface area contributed by atoms with Crippen LogP contribution in [0.1, 0.15) is 37.0 Å². The number of nitrogens with zero attached hydrogens (tertiary/aromatic N) is 1. The van der Waals surface area contributed by atoms with Crippen LogP contribution in [0.3, 0.4) is 0 Å². The van der Waals surface area contributed by atoms with Crippen molar-refractivity contribution in [2.45, 2.75) is 37.6 Å². The summed E-state index contributed by atoms with van der Waals surface area (Å²) >= 11 is 4.11. The molecule has 112 valence electrons. The van der Waals surface area contributed by atoms with Gasteiger partial charge < -0.3 is 10.2 Å². The number of benzene rings is 1. The average molecular weight is 298 g/mol. The van der Waals surface area contributed by atoms with E-state index in [2.05, 4.69) is 43.7 Å². The molecule has 1 N–H and O–H groups in total. The third kappa shape index (κ3) is 5.51. The van der Waals surface area contributed by atoms with Crippen LogP contribution in [0, 0.1) is 5.82 Å². The lowest BCUT2D eigenvalue weighted by Crippen LogP contribution is -2.29. The molecule has 0 radical (unpaired) electrons. The smallest absolute Gasteiger partial charge is 0.254 e. The van der Waals surface area contributed by atoms with E-state index in [1.165, 1.54) is 18.2 Å². The van der Waals surface area contributed by atoms with Gasteiger partial charge in [0.05, 0.1) is 5.56 Å². The van der Waals surface area contributed by atoms with Crippen LogP contribution >= 0.6 is 12.6 Å². The van der Waals surface area contributed by atoms with Gasteiger partial charge in [0.2, 0.25) is 0 Å². The quantitative estimate of drug-likeness (QED) is 0.599. The summed E-state index contributed by atoms with van der Waals surface area (Å²) < 4.78 is 13.5. The molecule has 0 saturated heterocycles. The maximum atomic E-state index is 13.5. The molecule has 20 heavy (non-hydrogen) atoms. The van der Waals surface area contributed by atoms with Crippen molar-refractivity contribution in [3.8, 4) is 0 Å². The molecule has 0 fully saturated rings. The topological polar surface area (TPSA) is 32.3 Å². The number of hydrogen-bond donors (Lipinski definition) is 2. The number of hydrogen-bond acceptors (Lipinski definition) is 3. The maximum Gasteiger partial charge on any atom is 0.254 e. The lowest BCUT2D eigenvalue weighted by atomic mass is 10.2. The number of halogens is 1.